The van der Waals surface area contributed by atoms with Crippen molar-refractivity contribution in [3.63, 3.8) is 0 Å². The Morgan fingerprint density at radius 3 is 2.90 bits per heavy atom. The Morgan fingerprint density at radius 1 is 1.52 bits per heavy atom. The van der Waals surface area contributed by atoms with E-state index >= 15 is 0 Å². The van der Waals surface area contributed by atoms with Gasteiger partial charge < -0.3 is 20.7 Å². The highest BCUT2D eigenvalue weighted by Gasteiger charge is 2.32. The predicted octanol–water partition coefficient (Wildman–Crippen LogP) is 0.994. The SMILES string of the molecule is COc1ccc(CNC(=O)[C@@H]2CCCN2C(N)=O)cc1F. The van der Waals surface area contributed by atoms with Crippen LogP contribution in [0.5, 0.6) is 5.75 Å². The van der Waals surface area contributed by atoms with Gasteiger partial charge in [0.1, 0.15) is 6.04 Å². The smallest absolute Gasteiger partial charge is 0.315 e. The number of hydrogen-bond donors (Lipinski definition) is 2. The second-order valence-electron chi connectivity index (χ2n) is 4.88. The molecule has 0 spiro atoms. The van der Waals surface area contributed by atoms with Crippen molar-refractivity contribution in [2.45, 2.75) is 25.4 Å². The van der Waals surface area contributed by atoms with Gasteiger partial charge in [-0.15, -0.1) is 0 Å². The minimum atomic E-state index is -0.594. The van der Waals surface area contributed by atoms with Gasteiger partial charge in [0.2, 0.25) is 5.91 Å². The molecule has 0 aliphatic carbocycles. The minimum absolute atomic E-state index is 0.153. The van der Waals surface area contributed by atoms with Crippen molar-refractivity contribution in [3.05, 3.63) is 29.6 Å². The van der Waals surface area contributed by atoms with Crippen molar-refractivity contribution < 1.29 is 18.7 Å². The first-order chi connectivity index (χ1) is 10.0. The van der Waals surface area contributed by atoms with Gasteiger partial charge in [-0.2, -0.15) is 0 Å². The number of nitrogens with one attached hydrogen (secondary N) is 1. The molecule has 1 atom stereocenters. The van der Waals surface area contributed by atoms with Gasteiger partial charge in [-0.25, -0.2) is 9.18 Å². The van der Waals surface area contributed by atoms with Gasteiger partial charge in [0, 0.05) is 13.1 Å². The zero-order valence-corrected chi connectivity index (χ0v) is 11.8. The van der Waals surface area contributed by atoms with E-state index in [2.05, 4.69) is 5.32 Å². The highest BCUT2D eigenvalue weighted by molar-refractivity contribution is 5.87. The molecule has 1 fully saturated rings. The summed E-state index contributed by atoms with van der Waals surface area (Å²) in [5, 5.41) is 2.69. The first-order valence-electron chi connectivity index (χ1n) is 6.69. The highest BCUT2D eigenvalue weighted by atomic mass is 19.1. The quantitative estimate of drug-likeness (QED) is 0.869. The number of likely N-dealkylation sites (tertiary alicyclic amines) is 1. The highest BCUT2D eigenvalue weighted by Crippen LogP contribution is 2.19. The summed E-state index contributed by atoms with van der Waals surface area (Å²) in [6.07, 6.45) is 1.34. The Balaban J connectivity index is 1.95. The molecule has 1 aliphatic rings. The standard InChI is InChI=1S/C14H18FN3O3/c1-21-12-5-4-9(7-10(12)15)8-17-13(19)11-3-2-6-18(11)14(16)20/h4-5,7,11H,2-3,6,8H2,1H3,(H2,16,20)(H,17,19)/t11-/m0/s1. The fraction of sp³-hybridized carbons (Fsp3) is 0.429. The van der Waals surface area contributed by atoms with Gasteiger partial charge in [0.25, 0.3) is 0 Å². The van der Waals surface area contributed by atoms with Crippen LogP contribution in [0.4, 0.5) is 9.18 Å². The van der Waals surface area contributed by atoms with E-state index < -0.39 is 17.9 Å². The molecule has 0 unspecified atom stereocenters. The van der Waals surface area contributed by atoms with E-state index in [9.17, 15) is 14.0 Å². The summed E-state index contributed by atoms with van der Waals surface area (Å²) in [4.78, 5) is 24.6. The van der Waals surface area contributed by atoms with Crippen LogP contribution in [-0.2, 0) is 11.3 Å². The fourth-order valence-electron chi connectivity index (χ4n) is 2.43. The average molecular weight is 295 g/mol. The fourth-order valence-corrected chi connectivity index (χ4v) is 2.43. The molecule has 0 radical (unpaired) electrons. The molecule has 7 heteroatoms. The lowest BCUT2D eigenvalue weighted by molar-refractivity contribution is -0.124. The number of nitrogens with zero attached hydrogens (tertiary/aromatic N) is 1. The molecule has 1 aliphatic heterocycles. The van der Waals surface area contributed by atoms with Gasteiger partial charge in [-0.05, 0) is 30.5 Å². The van der Waals surface area contributed by atoms with E-state index in [0.29, 0.717) is 18.5 Å². The van der Waals surface area contributed by atoms with Crippen LogP contribution in [0.2, 0.25) is 0 Å². The maximum absolute atomic E-state index is 13.5. The van der Waals surface area contributed by atoms with Crippen molar-refractivity contribution in [3.8, 4) is 5.75 Å². The lowest BCUT2D eigenvalue weighted by Crippen LogP contribution is -2.47. The van der Waals surface area contributed by atoms with Crippen LogP contribution in [-0.4, -0.2) is 36.5 Å². The van der Waals surface area contributed by atoms with E-state index in [1.165, 1.54) is 24.1 Å². The van der Waals surface area contributed by atoms with Crippen molar-refractivity contribution in [2.24, 2.45) is 5.73 Å². The summed E-state index contributed by atoms with van der Waals surface area (Å²) < 4.78 is 18.4. The second kappa shape index (κ2) is 6.43. The minimum Gasteiger partial charge on any atom is -0.494 e. The maximum Gasteiger partial charge on any atom is 0.315 e. The summed E-state index contributed by atoms with van der Waals surface area (Å²) >= 11 is 0. The number of carbonyl (C=O) groups excluding carboxylic acids is 2. The summed E-state index contributed by atoms with van der Waals surface area (Å²) in [5.41, 5.74) is 5.84. The molecule has 3 amide bonds. The lowest BCUT2D eigenvalue weighted by atomic mass is 10.1. The summed E-state index contributed by atoms with van der Waals surface area (Å²) in [5.74, 6) is -0.604. The molecule has 1 heterocycles. The summed E-state index contributed by atoms with van der Waals surface area (Å²) in [6, 6.07) is 3.35. The van der Waals surface area contributed by atoms with Gasteiger partial charge in [-0.3, -0.25) is 4.79 Å². The van der Waals surface area contributed by atoms with Crippen LogP contribution in [0.25, 0.3) is 0 Å². The first-order valence-corrected chi connectivity index (χ1v) is 6.69. The van der Waals surface area contributed by atoms with Gasteiger partial charge in [0.15, 0.2) is 11.6 Å². The normalized spacial score (nSPS) is 17.6. The monoisotopic (exact) mass is 295 g/mol. The number of carbonyl (C=O) groups is 2. The Kier molecular flexibility index (Phi) is 4.62. The molecule has 21 heavy (non-hydrogen) atoms. The number of primary amides is 1. The van der Waals surface area contributed by atoms with Crippen LogP contribution in [0, 0.1) is 5.82 Å². The van der Waals surface area contributed by atoms with Crippen molar-refractivity contribution in [2.75, 3.05) is 13.7 Å². The second-order valence-corrected chi connectivity index (χ2v) is 4.88. The number of nitrogens with two attached hydrogens (primary N) is 1. The number of rotatable bonds is 4. The Bertz CT molecular complexity index is 550. The molecule has 1 saturated heterocycles. The number of benzene rings is 1. The molecule has 0 saturated carbocycles. The molecule has 1 aromatic carbocycles. The van der Waals surface area contributed by atoms with Crippen LogP contribution in [0.15, 0.2) is 18.2 Å². The number of urea groups is 1. The van der Waals surface area contributed by atoms with E-state index in [1.807, 2.05) is 0 Å². The van der Waals surface area contributed by atoms with Crippen molar-refractivity contribution in [1.82, 2.24) is 10.2 Å². The van der Waals surface area contributed by atoms with Crippen LogP contribution >= 0.6 is 0 Å². The Hall–Kier alpha value is -2.31. The third kappa shape index (κ3) is 3.42. The van der Waals surface area contributed by atoms with E-state index in [4.69, 9.17) is 10.5 Å². The maximum atomic E-state index is 13.5. The van der Waals surface area contributed by atoms with Crippen molar-refractivity contribution in [1.29, 1.82) is 0 Å². The molecular formula is C14H18FN3O3. The van der Waals surface area contributed by atoms with Crippen molar-refractivity contribution >= 4 is 11.9 Å². The lowest BCUT2D eigenvalue weighted by Gasteiger charge is -2.21. The number of hydrogen-bond acceptors (Lipinski definition) is 3. The topological polar surface area (TPSA) is 84.7 Å². The van der Waals surface area contributed by atoms with Gasteiger partial charge in [0.05, 0.1) is 7.11 Å². The largest absolute Gasteiger partial charge is 0.494 e. The predicted molar refractivity (Wildman–Crippen MR) is 74.1 cm³/mol. The summed E-state index contributed by atoms with van der Waals surface area (Å²) in [7, 11) is 1.39. The Labute approximate surface area is 122 Å². The third-order valence-electron chi connectivity index (χ3n) is 3.52. The third-order valence-corrected chi connectivity index (χ3v) is 3.52. The van der Waals surface area contributed by atoms with Gasteiger partial charge in [-0.1, -0.05) is 6.07 Å². The summed E-state index contributed by atoms with van der Waals surface area (Å²) in [6.45, 7) is 0.674. The van der Waals surface area contributed by atoms with Crippen LogP contribution < -0.4 is 15.8 Å². The number of amides is 3. The molecule has 6 nitrogen and oxygen atoms in total. The Morgan fingerprint density at radius 2 is 2.29 bits per heavy atom. The molecule has 114 valence electrons. The molecular weight excluding hydrogens is 277 g/mol. The first kappa shape index (κ1) is 15.1. The molecule has 3 N–H and O–H groups in total. The van der Waals surface area contributed by atoms with Gasteiger partial charge >= 0.3 is 6.03 Å². The van der Waals surface area contributed by atoms with Crippen LogP contribution in [0.1, 0.15) is 18.4 Å². The number of methoxy groups -OCH3 is 1. The van der Waals surface area contributed by atoms with Crippen LogP contribution in [0.3, 0.4) is 0 Å². The molecule has 0 bridgehead atoms. The zero-order chi connectivity index (χ0) is 15.4. The van der Waals surface area contributed by atoms with E-state index in [1.54, 1.807) is 6.07 Å². The molecule has 1 aromatic rings. The average Bonchev–Trinajstić information content (AvgIpc) is 2.94. The van der Waals surface area contributed by atoms with E-state index in [-0.39, 0.29) is 18.2 Å². The molecule has 2 rings (SSSR count). The van der Waals surface area contributed by atoms with E-state index in [0.717, 1.165) is 6.42 Å². The number of halogens is 1. The number of ether oxygens (including phenoxy) is 1. The zero-order valence-electron chi connectivity index (χ0n) is 11.8. The molecule has 0 aromatic heterocycles.